The molecular formula is C31H30F3N5O3. The second-order valence-electron chi connectivity index (χ2n) is 11.3. The average Bonchev–Trinajstić information content (AvgIpc) is 3.42. The molecule has 218 valence electrons. The van der Waals surface area contributed by atoms with Crippen molar-refractivity contribution in [2.24, 2.45) is 0 Å². The van der Waals surface area contributed by atoms with Crippen LogP contribution in [0.3, 0.4) is 0 Å². The highest BCUT2D eigenvalue weighted by Gasteiger charge is 2.51. The summed E-state index contributed by atoms with van der Waals surface area (Å²) in [7, 11) is 0. The van der Waals surface area contributed by atoms with Crippen LogP contribution in [0.1, 0.15) is 40.7 Å². The number of carbonyl (C=O) groups excluding carboxylic acids is 3. The Morgan fingerprint density at radius 1 is 1.02 bits per heavy atom. The number of hydrogen-bond donors (Lipinski definition) is 2. The Morgan fingerprint density at radius 3 is 2.52 bits per heavy atom. The Balaban J connectivity index is 1.17. The van der Waals surface area contributed by atoms with Crippen molar-refractivity contribution < 1.29 is 27.6 Å². The van der Waals surface area contributed by atoms with Crippen molar-refractivity contribution in [3.63, 3.8) is 0 Å². The zero-order valence-corrected chi connectivity index (χ0v) is 22.8. The summed E-state index contributed by atoms with van der Waals surface area (Å²) >= 11 is 0. The molecule has 1 fully saturated rings. The number of halogens is 3. The normalized spacial score (nSPS) is 19.2. The van der Waals surface area contributed by atoms with Crippen LogP contribution in [0.4, 0.5) is 24.7 Å². The van der Waals surface area contributed by atoms with Gasteiger partial charge >= 0.3 is 6.18 Å². The largest absolute Gasteiger partial charge is 0.397 e. The third kappa shape index (κ3) is 5.61. The van der Waals surface area contributed by atoms with Crippen LogP contribution in [0.25, 0.3) is 0 Å². The van der Waals surface area contributed by atoms with Gasteiger partial charge in [-0.3, -0.25) is 19.3 Å². The highest BCUT2D eigenvalue weighted by Crippen LogP contribution is 2.47. The molecule has 0 bridgehead atoms. The third-order valence-corrected chi connectivity index (χ3v) is 8.33. The predicted octanol–water partition coefficient (Wildman–Crippen LogP) is 4.20. The van der Waals surface area contributed by atoms with Crippen molar-refractivity contribution in [2.75, 3.05) is 30.3 Å². The first-order valence-corrected chi connectivity index (χ1v) is 13.9. The number of fused-ring (bicyclic) bond motifs is 3. The Bertz CT molecular complexity index is 1550. The summed E-state index contributed by atoms with van der Waals surface area (Å²) in [5.74, 6) is -1.33. The number of pyridine rings is 1. The average molecular weight is 578 g/mol. The zero-order valence-electron chi connectivity index (χ0n) is 22.8. The lowest BCUT2D eigenvalue weighted by atomic mass is 9.79. The number of nitrogens with zero attached hydrogens (tertiary/aromatic N) is 3. The highest BCUT2D eigenvalue weighted by atomic mass is 19.4. The molecule has 1 spiro atoms. The van der Waals surface area contributed by atoms with Gasteiger partial charge in [-0.05, 0) is 72.8 Å². The highest BCUT2D eigenvalue weighted by molar-refractivity contribution is 6.06. The van der Waals surface area contributed by atoms with Crippen LogP contribution in [-0.4, -0.2) is 58.3 Å². The van der Waals surface area contributed by atoms with Gasteiger partial charge in [-0.15, -0.1) is 0 Å². The molecule has 3 heterocycles. The van der Waals surface area contributed by atoms with Gasteiger partial charge in [-0.2, -0.15) is 13.2 Å². The number of alkyl halides is 3. The SMILES string of the molecule is O=C(CN(Cc1ccccc1CN1CCC1)C(=O)CC(F)(F)F)Nc1ccc2c(c1)CC1(C2)C(=O)Nc2ncccc21. The fourth-order valence-electron chi connectivity index (χ4n) is 6.09. The molecule has 0 saturated carbocycles. The Hall–Kier alpha value is -4.25. The van der Waals surface area contributed by atoms with E-state index in [1.165, 1.54) is 0 Å². The minimum absolute atomic E-state index is 0.110. The summed E-state index contributed by atoms with van der Waals surface area (Å²) < 4.78 is 39.5. The minimum Gasteiger partial charge on any atom is -0.329 e. The van der Waals surface area contributed by atoms with E-state index in [0.29, 0.717) is 36.5 Å². The first-order valence-electron chi connectivity index (χ1n) is 13.9. The number of hydrogen-bond acceptors (Lipinski definition) is 5. The van der Waals surface area contributed by atoms with Gasteiger partial charge in [-0.1, -0.05) is 36.4 Å². The van der Waals surface area contributed by atoms with Crippen LogP contribution in [0.5, 0.6) is 0 Å². The van der Waals surface area contributed by atoms with Crippen LogP contribution < -0.4 is 10.6 Å². The van der Waals surface area contributed by atoms with Gasteiger partial charge in [-0.25, -0.2) is 4.98 Å². The number of likely N-dealkylation sites (tertiary alicyclic amines) is 1. The first kappa shape index (κ1) is 27.9. The van der Waals surface area contributed by atoms with E-state index in [0.717, 1.165) is 46.7 Å². The van der Waals surface area contributed by atoms with Gasteiger partial charge in [0.25, 0.3) is 0 Å². The standard InChI is InChI=1S/C31H30F3N5O3/c32-31(33,34)16-27(41)39(18-22-6-2-1-5-21(22)17-38-11-4-12-38)19-26(40)36-24-9-8-20-14-30(15-23(20)13-24)25-7-3-10-35-28(25)37-29(30)42/h1-3,5-10,13H,4,11-12,14-19H2,(H,36,40)(H,35,37,42). The number of benzene rings is 2. The molecule has 3 aromatic rings. The molecule has 0 radical (unpaired) electrons. The van der Waals surface area contributed by atoms with Gasteiger partial charge in [0, 0.05) is 30.5 Å². The lowest BCUT2D eigenvalue weighted by molar-refractivity contribution is -0.162. The molecule has 8 nitrogen and oxygen atoms in total. The molecule has 11 heteroatoms. The van der Waals surface area contributed by atoms with Gasteiger partial charge < -0.3 is 15.5 Å². The van der Waals surface area contributed by atoms with Gasteiger partial charge in [0.15, 0.2) is 0 Å². The lowest BCUT2D eigenvalue weighted by Gasteiger charge is -2.32. The monoisotopic (exact) mass is 577 g/mol. The summed E-state index contributed by atoms with van der Waals surface area (Å²) in [6.45, 7) is 1.89. The predicted molar refractivity (Wildman–Crippen MR) is 149 cm³/mol. The van der Waals surface area contributed by atoms with E-state index in [1.54, 1.807) is 36.5 Å². The van der Waals surface area contributed by atoms with E-state index in [4.69, 9.17) is 0 Å². The van der Waals surface area contributed by atoms with E-state index >= 15 is 0 Å². The van der Waals surface area contributed by atoms with Crippen molar-refractivity contribution in [1.82, 2.24) is 14.8 Å². The number of anilines is 2. The van der Waals surface area contributed by atoms with Crippen molar-refractivity contribution in [3.05, 3.63) is 88.6 Å². The number of amides is 3. The quantitative estimate of drug-likeness (QED) is 0.419. The van der Waals surface area contributed by atoms with E-state index in [9.17, 15) is 27.6 Å². The molecule has 1 aliphatic carbocycles. The van der Waals surface area contributed by atoms with Gasteiger partial charge in [0.05, 0.1) is 5.41 Å². The molecule has 1 atom stereocenters. The minimum atomic E-state index is -4.69. The third-order valence-electron chi connectivity index (χ3n) is 8.33. The Labute approximate surface area is 240 Å². The molecule has 1 unspecified atom stereocenters. The fourth-order valence-corrected chi connectivity index (χ4v) is 6.09. The molecular weight excluding hydrogens is 547 g/mol. The molecule has 3 amide bonds. The molecule has 1 saturated heterocycles. The maximum atomic E-state index is 13.2. The van der Waals surface area contributed by atoms with Crippen molar-refractivity contribution in [1.29, 1.82) is 0 Å². The Morgan fingerprint density at radius 2 is 1.79 bits per heavy atom. The van der Waals surface area contributed by atoms with E-state index in [1.807, 2.05) is 24.3 Å². The molecule has 3 aliphatic rings. The van der Waals surface area contributed by atoms with Crippen LogP contribution in [-0.2, 0) is 45.7 Å². The van der Waals surface area contributed by atoms with Crippen molar-refractivity contribution in [3.8, 4) is 0 Å². The maximum Gasteiger partial charge on any atom is 0.397 e. The molecule has 42 heavy (non-hydrogen) atoms. The lowest BCUT2D eigenvalue weighted by Crippen LogP contribution is -2.40. The van der Waals surface area contributed by atoms with E-state index in [2.05, 4.69) is 20.5 Å². The summed E-state index contributed by atoms with van der Waals surface area (Å²) in [6.07, 6.45) is -2.69. The molecule has 2 aliphatic heterocycles. The summed E-state index contributed by atoms with van der Waals surface area (Å²) in [5, 5.41) is 5.61. The summed E-state index contributed by atoms with van der Waals surface area (Å²) in [4.78, 5) is 46.3. The number of nitrogens with one attached hydrogen (secondary N) is 2. The summed E-state index contributed by atoms with van der Waals surface area (Å²) in [6, 6.07) is 16.3. The Kier molecular flexibility index (Phi) is 7.22. The molecule has 1 aromatic heterocycles. The number of aromatic nitrogens is 1. The smallest absolute Gasteiger partial charge is 0.329 e. The second-order valence-corrected chi connectivity index (χ2v) is 11.3. The van der Waals surface area contributed by atoms with Gasteiger partial charge in [0.1, 0.15) is 18.8 Å². The van der Waals surface area contributed by atoms with Crippen molar-refractivity contribution >= 4 is 29.2 Å². The number of carbonyl (C=O) groups is 3. The van der Waals surface area contributed by atoms with Crippen LogP contribution >= 0.6 is 0 Å². The fraction of sp³-hybridized carbons (Fsp3) is 0.355. The molecule has 2 N–H and O–H groups in total. The number of rotatable bonds is 8. The molecule has 2 aromatic carbocycles. The maximum absolute atomic E-state index is 13.2. The topological polar surface area (TPSA) is 94.6 Å². The van der Waals surface area contributed by atoms with E-state index in [-0.39, 0.29) is 12.5 Å². The van der Waals surface area contributed by atoms with Gasteiger partial charge in [0.2, 0.25) is 17.7 Å². The molecule has 6 rings (SSSR count). The second kappa shape index (κ2) is 10.9. The van der Waals surface area contributed by atoms with Crippen molar-refractivity contribution in [2.45, 2.75) is 50.4 Å². The van der Waals surface area contributed by atoms with Crippen LogP contribution in [0, 0.1) is 0 Å². The first-order chi connectivity index (χ1) is 20.1. The zero-order chi connectivity index (χ0) is 29.5. The van der Waals surface area contributed by atoms with Crippen LogP contribution in [0.15, 0.2) is 60.8 Å². The summed E-state index contributed by atoms with van der Waals surface area (Å²) in [5.41, 5.74) is 4.01. The van der Waals surface area contributed by atoms with Crippen LogP contribution in [0.2, 0.25) is 0 Å². The van der Waals surface area contributed by atoms with E-state index < -0.39 is 36.4 Å².